The van der Waals surface area contributed by atoms with Gasteiger partial charge >= 0.3 is 5.97 Å². The van der Waals surface area contributed by atoms with Gasteiger partial charge in [-0.3, -0.25) is 9.98 Å². The normalized spacial score (nSPS) is 16.2. The SMILES string of the molecule is C=N/C=C(\C=NC)C1(Nc2ncc(C(=O)OCC)c(C)n2)CC1. The van der Waals surface area contributed by atoms with Crippen molar-refractivity contribution in [3.63, 3.8) is 0 Å². The molecule has 0 bridgehead atoms. The minimum atomic E-state index is -0.410. The molecule has 1 aromatic heterocycles. The number of hydrogen-bond acceptors (Lipinski definition) is 7. The molecule has 1 heterocycles. The quantitative estimate of drug-likeness (QED) is 0.615. The number of ether oxygens (including phenoxy) is 1. The maximum Gasteiger partial charge on any atom is 0.341 e. The van der Waals surface area contributed by atoms with Crippen molar-refractivity contribution in [1.29, 1.82) is 0 Å². The zero-order valence-corrected chi connectivity index (χ0v) is 13.7. The first-order valence-electron chi connectivity index (χ1n) is 7.44. The maximum absolute atomic E-state index is 11.8. The summed E-state index contributed by atoms with van der Waals surface area (Å²) in [5.74, 6) is 0.0553. The van der Waals surface area contributed by atoms with Crippen LogP contribution >= 0.6 is 0 Å². The fourth-order valence-electron chi connectivity index (χ4n) is 2.28. The number of carbonyl (C=O) groups excluding carboxylic acids is 1. The Morgan fingerprint density at radius 2 is 2.30 bits per heavy atom. The third-order valence-corrected chi connectivity index (χ3v) is 3.63. The van der Waals surface area contributed by atoms with Crippen LogP contribution in [0.15, 0.2) is 28.0 Å². The number of aryl methyl sites for hydroxylation is 1. The summed E-state index contributed by atoms with van der Waals surface area (Å²) in [5.41, 5.74) is 1.62. The molecule has 1 N–H and O–H groups in total. The molecular weight excluding hydrogens is 294 g/mol. The minimum Gasteiger partial charge on any atom is -0.462 e. The molecule has 1 aliphatic rings. The molecule has 0 unspecified atom stereocenters. The number of anilines is 1. The van der Waals surface area contributed by atoms with Gasteiger partial charge in [-0.25, -0.2) is 14.8 Å². The molecule has 1 aromatic rings. The average molecular weight is 315 g/mol. The van der Waals surface area contributed by atoms with E-state index in [9.17, 15) is 4.79 Å². The Balaban J connectivity index is 2.21. The van der Waals surface area contributed by atoms with Gasteiger partial charge in [-0.15, -0.1) is 0 Å². The molecule has 0 radical (unpaired) electrons. The van der Waals surface area contributed by atoms with Gasteiger partial charge in [-0.1, -0.05) is 0 Å². The molecule has 2 rings (SSSR count). The number of aromatic nitrogens is 2. The number of carbonyl (C=O) groups is 1. The summed E-state index contributed by atoms with van der Waals surface area (Å²) in [7, 11) is 1.71. The number of esters is 1. The van der Waals surface area contributed by atoms with E-state index in [0.717, 1.165) is 18.4 Å². The predicted molar refractivity (Wildman–Crippen MR) is 90.4 cm³/mol. The first-order chi connectivity index (χ1) is 11.1. The summed E-state index contributed by atoms with van der Waals surface area (Å²) in [4.78, 5) is 28.3. The lowest BCUT2D eigenvalue weighted by atomic mass is 10.1. The van der Waals surface area contributed by atoms with E-state index in [4.69, 9.17) is 4.74 Å². The highest BCUT2D eigenvalue weighted by atomic mass is 16.5. The van der Waals surface area contributed by atoms with E-state index in [1.54, 1.807) is 33.3 Å². The highest BCUT2D eigenvalue weighted by molar-refractivity contribution is 5.90. The highest BCUT2D eigenvalue weighted by Crippen LogP contribution is 2.44. The Kier molecular flexibility index (Phi) is 5.20. The highest BCUT2D eigenvalue weighted by Gasteiger charge is 2.46. The molecule has 7 heteroatoms. The summed E-state index contributed by atoms with van der Waals surface area (Å²) < 4.78 is 4.98. The summed E-state index contributed by atoms with van der Waals surface area (Å²) in [6, 6.07) is 0. The van der Waals surface area contributed by atoms with Crippen LogP contribution < -0.4 is 5.32 Å². The standard InChI is InChI=1S/C16H21N5O2/c1-5-23-14(22)13-10-19-15(20-11(13)2)21-16(6-7-16)12(8-17-3)9-18-4/h8-10H,3,5-7H2,1-2,4H3,(H,19,20,21)/b12-8+,18-9?. The minimum absolute atomic E-state index is 0.265. The van der Waals surface area contributed by atoms with Gasteiger partial charge < -0.3 is 10.1 Å². The lowest BCUT2D eigenvalue weighted by Crippen LogP contribution is -2.26. The summed E-state index contributed by atoms with van der Waals surface area (Å²) in [6.07, 6.45) is 6.80. The topological polar surface area (TPSA) is 88.8 Å². The molecule has 0 saturated heterocycles. The van der Waals surface area contributed by atoms with Gasteiger partial charge in [0.15, 0.2) is 0 Å². The van der Waals surface area contributed by atoms with Gasteiger partial charge in [0, 0.05) is 31.2 Å². The fourth-order valence-corrected chi connectivity index (χ4v) is 2.28. The Labute approximate surface area is 135 Å². The first kappa shape index (κ1) is 16.8. The number of aliphatic imine (C=N–C) groups is 2. The fraction of sp³-hybridized carbons (Fsp3) is 0.438. The van der Waals surface area contributed by atoms with E-state index in [2.05, 4.69) is 32.0 Å². The van der Waals surface area contributed by atoms with E-state index in [-0.39, 0.29) is 5.54 Å². The molecule has 7 nitrogen and oxygen atoms in total. The van der Waals surface area contributed by atoms with Crippen LogP contribution in [0.4, 0.5) is 5.95 Å². The van der Waals surface area contributed by atoms with Gasteiger partial charge in [-0.2, -0.15) is 0 Å². The molecule has 1 aliphatic carbocycles. The molecule has 0 spiro atoms. The summed E-state index contributed by atoms with van der Waals surface area (Å²) in [6.45, 7) is 7.33. The van der Waals surface area contributed by atoms with Crippen LogP contribution in [0.2, 0.25) is 0 Å². The molecule has 1 fully saturated rings. The number of rotatable bonds is 7. The first-order valence-corrected chi connectivity index (χ1v) is 7.44. The number of nitrogens with one attached hydrogen (secondary N) is 1. The zero-order chi connectivity index (χ0) is 16.9. The van der Waals surface area contributed by atoms with Crippen molar-refractivity contribution in [2.24, 2.45) is 9.98 Å². The van der Waals surface area contributed by atoms with E-state index in [1.807, 2.05) is 0 Å². The molecule has 0 aliphatic heterocycles. The van der Waals surface area contributed by atoms with Crippen molar-refractivity contribution in [2.45, 2.75) is 32.2 Å². The molecule has 23 heavy (non-hydrogen) atoms. The Morgan fingerprint density at radius 1 is 1.57 bits per heavy atom. The van der Waals surface area contributed by atoms with Crippen LogP contribution in [-0.2, 0) is 4.74 Å². The Hall–Kier alpha value is -2.57. The number of hydrogen-bond donors (Lipinski definition) is 1. The van der Waals surface area contributed by atoms with Crippen molar-refractivity contribution >= 4 is 24.8 Å². The average Bonchev–Trinajstić information content (AvgIpc) is 3.28. The smallest absolute Gasteiger partial charge is 0.341 e. The predicted octanol–water partition coefficient (Wildman–Crippen LogP) is 2.19. The monoisotopic (exact) mass is 315 g/mol. The van der Waals surface area contributed by atoms with Crippen LogP contribution in [-0.4, -0.2) is 48.1 Å². The van der Waals surface area contributed by atoms with Gasteiger partial charge in [0.1, 0.15) is 0 Å². The molecular formula is C16H21N5O2. The second-order valence-corrected chi connectivity index (χ2v) is 5.27. The van der Waals surface area contributed by atoms with Crippen molar-refractivity contribution in [1.82, 2.24) is 9.97 Å². The molecule has 122 valence electrons. The second-order valence-electron chi connectivity index (χ2n) is 5.27. The third-order valence-electron chi connectivity index (χ3n) is 3.63. The molecule has 0 atom stereocenters. The van der Waals surface area contributed by atoms with E-state index in [0.29, 0.717) is 23.8 Å². The van der Waals surface area contributed by atoms with E-state index < -0.39 is 5.97 Å². The lowest BCUT2D eigenvalue weighted by Gasteiger charge is -2.18. The molecule has 0 amide bonds. The van der Waals surface area contributed by atoms with Crippen molar-refractivity contribution in [2.75, 3.05) is 19.0 Å². The van der Waals surface area contributed by atoms with E-state index in [1.165, 1.54) is 6.20 Å². The third kappa shape index (κ3) is 3.80. The van der Waals surface area contributed by atoms with E-state index >= 15 is 0 Å². The van der Waals surface area contributed by atoms with Gasteiger partial charge in [-0.05, 0) is 33.4 Å². The summed E-state index contributed by atoms with van der Waals surface area (Å²) in [5, 5.41) is 3.32. The molecule has 1 saturated carbocycles. The van der Waals surface area contributed by atoms with Gasteiger partial charge in [0.05, 0.1) is 23.4 Å². The van der Waals surface area contributed by atoms with Crippen LogP contribution in [0.3, 0.4) is 0 Å². The van der Waals surface area contributed by atoms with Crippen LogP contribution in [0.25, 0.3) is 0 Å². The second kappa shape index (κ2) is 7.13. The van der Waals surface area contributed by atoms with Crippen molar-refractivity contribution in [3.8, 4) is 0 Å². The maximum atomic E-state index is 11.8. The van der Waals surface area contributed by atoms with Crippen LogP contribution in [0, 0.1) is 6.92 Å². The lowest BCUT2D eigenvalue weighted by molar-refractivity contribution is 0.0524. The Bertz CT molecular complexity index is 662. The van der Waals surface area contributed by atoms with Gasteiger partial charge in [0.25, 0.3) is 0 Å². The van der Waals surface area contributed by atoms with Gasteiger partial charge in [0.2, 0.25) is 5.95 Å². The number of nitrogens with zero attached hydrogens (tertiary/aromatic N) is 4. The van der Waals surface area contributed by atoms with Crippen LogP contribution in [0.5, 0.6) is 0 Å². The molecule has 0 aromatic carbocycles. The van der Waals surface area contributed by atoms with Crippen molar-refractivity contribution in [3.05, 3.63) is 29.2 Å². The zero-order valence-electron chi connectivity index (χ0n) is 13.7. The van der Waals surface area contributed by atoms with Crippen LogP contribution in [0.1, 0.15) is 35.8 Å². The largest absolute Gasteiger partial charge is 0.462 e. The summed E-state index contributed by atoms with van der Waals surface area (Å²) >= 11 is 0. The Morgan fingerprint density at radius 3 is 2.83 bits per heavy atom. The van der Waals surface area contributed by atoms with Crippen molar-refractivity contribution < 1.29 is 9.53 Å².